The van der Waals surface area contributed by atoms with E-state index in [4.69, 9.17) is 5.11 Å². The summed E-state index contributed by atoms with van der Waals surface area (Å²) >= 11 is 0. The molecule has 0 aliphatic carbocycles. The average molecular weight is 232 g/mol. The van der Waals surface area contributed by atoms with Crippen LogP contribution in [-0.4, -0.2) is 30.8 Å². The SMILES string of the molecule is CC(C)c1cc(-n2ccc(C(=O)O)n2)ncn1. The Hall–Kier alpha value is -2.24. The Bertz CT molecular complexity index is 548. The van der Waals surface area contributed by atoms with E-state index in [9.17, 15) is 4.79 Å². The van der Waals surface area contributed by atoms with Crippen LogP contribution in [0.15, 0.2) is 24.7 Å². The molecule has 0 spiro atoms. The summed E-state index contributed by atoms with van der Waals surface area (Å²) in [5.74, 6) is -0.204. The number of hydrogen-bond acceptors (Lipinski definition) is 4. The van der Waals surface area contributed by atoms with Crippen LogP contribution in [0.1, 0.15) is 35.9 Å². The van der Waals surface area contributed by atoms with E-state index in [2.05, 4.69) is 15.1 Å². The van der Waals surface area contributed by atoms with Gasteiger partial charge in [-0.3, -0.25) is 0 Å². The fourth-order valence-corrected chi connectivity index (χ4v) is 1.37. The highest BCUT2D eigenvalue weighted by Crippen LogP contribution is 2.13. The summed E-state index contributed by atoms with van der Waals surface area (Å²) in [5, 5.41) is 12.7. The third-order valence-corrected chi connectivity index (χ3v) is 2.31. The zero-order chi connectivity index (χ0) is 12.4. The number of hydrogen-bond donors (Lipinski definition) is 1. The lowest BCUT2D eigenvalue weighted by Crippen LogP contribution is -2.04. The standard InChI is InChI=1S/C11H12N4O2/c1-7(2)9-5-10(13-6-12-9)15-4-3-8(14-15)11(16)17/h3-7H,1-2H3,(H,16,17). The van der Waals surface area contributed by atoms with Crippen LogP contribution in [0.4, 0.5) is 0 Å². The van der Waals surface area contributed by atoms with Gasteiger partial charge in [-0.25, -0.2) is 19.4 Å². The van der Waals surface area contributed by atoms with E-state index in [0.29, 0.717) is 5.82 Å². The zero-order valence-electron chi connectivity index (χ0n) is 9.53. The highest BCUT2D eigenvalue weighted by molar-refractivity contribution is 5.85. The molecule has 0 amide bonds. The Kier molecular flexibility index (Phi) is 2.86. The molecule has 0 aromatic carbocycles. The highest BCUT2D eigenvalue weighted by atomic mass is 16.4. The molecule has 0 atom stereocenters. The summed E-state index contributed by atoms with van der Waals surface area (Å²) < 4.78 is 1.43. The van der Waals surface area contributed by atoms with Gasteiger partial charge in [-0.2, -0.15) is 5.10 Å². The molecule has 0 aliphatic heterocycles. The van der Waals surface area contributed by atoms with Crippen molar-refractivity contribution < 1.29 is 9.90 Å². The van der Waals surface area contributed by atoms with Gasteiger partial charge in [0.25, 0.3) is 0 Å². The van der Waals surface area contributed by atoms with Crippen molar-refractivity contribution in [1.82, 2.24) is 19.7 Å². The van der Waals surface area contributed by atoms with Crippen molar-refractivity contribution in [1.29, 1.82) is 0 Å². The predicted molar refractivity (Wildman–Crippen MR) is 60.2 cm³/mol. The van der Waals surface area contributed by atoms with Gasteiger partial charge in [-0.05, 0) is 12.0 Å². The van der Waals surface area contributed by atoms with Gasteiger partial charge in [-0.1, -0.05) is 13.8 Å². The van der Waals surface area contributed by atoms with Crippen molar-refractivity contribution >= 4 is 5.97 Å². The Morgan fingerprint density at radius 3 is 2.76 bits per heavy atom. The highest BCUT2D eigenvalue weighted by Gasteiger charge is 2.09. The van der Waals surface area contributed by atoms with Gasteiger partial charge >= 0.3 is 5.97 Å². The first kappa shape index (κ1) is 11.3. The second kappa shape index (κ2) is 4.32. The average Bonchev–Trinajstić information content (AvgIpc) is 2.78. The summed E-state index contributed by atoms with van der Waals surface area (Å²) in [6.45, 7) is 4.05. The monoisotopic (exact) mass is 232 g/mol. The Morgan fingerprint density at radius 2 is 2.18 bits per heavy atom. The van der Waals surface area contributed by atoms with Crippen LogP contribution in [0.3, 0.4) is 0 Å². The van der Waals surface area contributed by atoms with Gasteiger partial charge in [0.1, 0.15) is 6.33 Å². The van der Waals surface area contributed by atoms with Crippen LogP contribution in [0, 0.1) is 0 Å². The van der Waals surface area contributed by atoms with E-state index in [1.54, 1.807) is 12.3 Å². The lowest BCUT2D eigenvalue weighted by Gasteiger charge is -2.05. The summed E-state index contributed by atoms with van der Waals surface area (Å²) in [6.07, 6.45) is 3.02. The van der Waals surface area contributed by atoms with Gasteiger partial charge in [0.2, 0.25) is 0 Å². The van der Waals surface area contributed by atoms with Crippen molar-refractivity contribution in [3.63, 3.8) is 0 Å². The first-order valence-corrected chi connectivity index (χ1v) is 5.19. The van der Waals surface area contributed by atoms with Crippen LogP contribution in [0.25, 0.3) is 5.82 Å². The van der Waals surface area contributed by atoms with Crippen LogP contribution in [0.2, 0.25) is 0 Å². The molecule has 2 aromatic rings. The third kappa shape index (κ3) is 2.30. The minimum Gasteiger partial charge on any atom is -0.476 e. The molecule has 0 radical (unpaired) electrons. The first-order chi connectivity index (χ1) is 8.08. The number of aromatic carboxylic acids is 1. The van der Waals surface area contributed by atoms with E-state index >= 15 is 0 Å². The number of rotatable bonds is 3. The molecule has 88 valence electrons. The molecule has 0 unspecified atom stereocenters. The lowest BCUT2D eigenvalue weighted by atomic mass is 10.1. The molecule has 2 rings (SSSR count). The first-order valence-electron chi connectivity index (χ1n) is 5.19. The molecule has 2 aromatic heterocycles. The number of carbonyl (C=O) groups is 1. The molecule has 17 heavy (non-hydrogen) atoms. The molecule has 0 bridgehead atoms. The number of carboxylic acids is 1. The largest absolute Gasteiger partial charge is 0.476 e. The number of aromatic nitrogens is 4. The minimum atomic E-state index is -1.05. The van der Waals surface area contributed by atoms with Gasteiger partial charge in [0.15, 0.2) is 11.5 Å². The maximum Gasteiger partial charge on any atom is 0.356 e. The van der Waals surface area contributed by atoms with Crippen molar-refractivity contribution in [2.45, 2.75) is 19.8 Å². The smallest absolute Gasteiger partial charge is 0.356 e. The van der Waals surface area contributed by atoms with E-state index in [1.807, 2.05) is 13.8 Å². The minimum absolute atomic E-state index is 0.00490. The summed E-state index contributed by atoms with van der Waals surface area (Å²) in [7, 11) is 0. The van der Waals surface area contributed by atoms with Crippen LogP contribution in [0.5, 0.6) is 0 Å². The van der Waals surface area contributed by atoms with Crippen LogP contribution in [-0.2, 0) is 0 Å². The molecule has 0 aliphatic rings. The zero-order valence-corrected chi connectivity index (χ0v) is 9.53. The van der Waals surface area contributed by atoms with E-state index in [1.165, 1.54) is 17.1 Å². The fourth-order valence-electron chi connectivity index (χ4n) is 1.37. The molecular formula is C11H12N4O2. The van der Waals surface area contributed by atoms with Gasteiger partial charge in [-0.15, -0.1) is 0 Å². The van der Waals surface area contributed by atoms with Crippen molar-refractivity contribution in [2.75, 3.05) is 0 Å². The number of carboxylic acid groups (broad SMARTS) is 1. The van der Waals surface area contributed by atoms with Crippen molar-refractivity contribution in [3.8, 4) is 5.82 Å². The molecule has 1 N–H and O–H groups in total. The molecule has 0 fully saturated rings. The lowest BCUT2D eigenvalue weighted by molar-refractivity contribution is 0.0690. The second-order valence-electron chi connectivity index (χ2n) is 3.91. The van der Waals surface area contributed by atoms with Gasteiger partial charge < -0.3 is 5.11 Å². The topological polar surface area (TPSA) is 80.9 Å². The Labute approximate surface area is 98.0 Å². The molecule has 6 nitrogen and oxygen atoms in total. The van der Waals surface area contributed by atoms with Gasteiger partial charge in [0, 0.05) is 18.0 Å². The van der Waals surface area contributed by atoms with Crippen molar-refractivity contribution in [3.05, 3.63) is 36.0 Å². The predicted octanol–water partition coefficient (Wildman–Crippen LogP) is 1.48. The Morgan fingerprint density at radius 1 is 1.41 bits per heavy atom. The molecule has 0 saturated carbocycles. The maximum absolute atomic E-state index is 10.7. The van der Waals surface area contributed by atoms with E-state index in [-0.39, 0.29) is 11.6 Å². The summed E-state index contributed by atoms with van der Waals surface area (Å²) in [5.41, 5.74) is 0.886. The maximum atomic E-state index is 10.7. The third-order valence-electron chi connectivity index (χ3n) is 2.31. The normalized spacial score (nSPS) is 10.8. The molecule has 2 heterocycles. The molecule has 6 heteroatoms. The van der Waals surface area contributed by atoms with E-state index < -0.39 is 5.97 Å². The fraction of sp³-hybridized carbons (Fsp3) is 0.273. The second-order valence-corrected chi connectivity index (χ2v) is 3.91. The van der Waals surface area contributed by atoms with Crippen LogP contribution < -0.4 is 0 Å². The van der Waals surface area contributed by atoms with Gasteiger partial charge in [0.05, 0.1) is 0 Å². The summed E-state index contributed by atoms with van der Waals surface area (Å²) in [6, 6.07) is 3.22. The number of nitrogens with zero attached hydrogens (tertiary/aromatic N) is 4. The summed E-state index contributed by atoms with van der Waals surface area (Å²) in [4.78, 5) is 18.9. The quantitative estimate of drug-likeness (QED) is 0.866. The van der Waals surface area contributed by atoms with Crippen molar-refractivity contribution in [2.24, 2.45) is 0 Å². The van der Waals surface area contributed by atoms with E-state index in [0.717, 1.165) is 5.69 Å². The molecular weight excluding hydrogens is 220 g/mol. The Balaban J connectivity index is 2.38. The van der Waals surface area contributed by atoms with Crippen LogP contribution >= 0.6 is 0 Å². The molecule has 0 saturated heterocycles.